The molecule has 1 unspecified atom stereocenters. The molecule has 36 heavy (non-hydrogen) atoms. The Morgan fingerprint density at radius 2 is 1.94 bits per heavy atom. The first kappa shape index (κ1) is 26.0. The van der Waals surface area contributed by atoms with Crippen molar-refractivity contribution < 1.29 is 23.8 Å². The van der Waals surface area contributed by atoms with Gasteiger partial charge in [-0.3, -0.25) is 0 Å². The molecule has 1 N–H and O–H groups in total. The Kier molecular flexibility index (Phi) is 6.82. The normalized spacial score (nSPS) is 15.8. The average Bonchev–Trinajstić information content (AvgIpc) is 2.76. The fraction of sp³-hybridized carbons (Fsp3) is 0.429. The van der Waals surface area contributed by atoms with Gasteiger partial charge in [-0.05, 0) is 69.2 Å². The molecule has 3 aromatic rings. The van der Waals surface area contributed by atoms with Crippen LogP contribution in [0.25, 0.3) is 10.9 Å². The standard InChI is InChI=1S/C28H32ClFN2O4/c1-16-11-25(29)31-21-13-19-22(9-10-35-24(19)14-18(16)21)32(26(34)36-27(2,3)4)15-28(5,6)17-7-8-20(30)23(33)12-17/h7-8,11-14,22,33H,9-10,15H2,1-6H3. The van der Waals surface area contributed by atoms with Crippen LogP contribution in [-0.2, 0) is 10.2 Å². The number of carbonyl (C=O) groups is 1. The minimum atomic E-state index is -0.697. The number of benzene rings is 2. The fourth-order valence-corrected chi connectivity index (χ4v) is 4.87. The van der Waals surface area contributed by atoms with Gasteiger partial charge >= 0.3 is 6.09 Å². The van der Waals surface area contributed by atoms with Crippen LogP contribution in [0.1, 0.15) is 63.8 Å². The van der Waals surface area contributed by atoms with E-state index in [9.17, 15) is 14.3 Å². The van der Waals surface area contributed by atoms with Gasteiger partial charge in [0.25, 0.3) is 0 Å². The molecule has 0 spiro atoms. The van der Waals surface area contributed by atoms with Crippen LogP contribution < -0.4 is 4.74 Å². The number of ether oxygens (including phenoxy) is 2. The van der Waals surface area contributed by atoms with Crippen molar-refractivity contribution in [3.05, 3.63) is 64.1 Å². The second-order valence-corrected chi connectivity index (χ2v) is 11.4. The number of aromatic nitrogens is 1. The maximum atomic E-state index is 13.7. The lowest BCUT2D eigenvalue weighted by Gasteiger charge is -2.41. The van der Waals surface area contributed by atoms with Crippen LogP contribution in [0.5, 0.6) is 11.5 Å². The van der Waals surface area contributed by atoms with E-state index < -0.39 is 28.7 Å². The van der Waals surface area contributed by atoms with E-state index >= 15 is 0 Å². The molecule has 1 atom stereocenters. The molecular weight excluding hydrogens is 483 g/mol. The molecule has 1 aliphatic heterocycles. The number of nitrogens with zero attached hydrogens (tertiary/aromatic N) is 2. The number of rotatable bonds is 4. The van der Waals surface area contributed by atoms with Crippen LogP contribution in [0.4, 0.5) is 9.18 Å². The number of phenols is 1. The van der Waals surface area contributed by atoms with Gasteiger partial charge in [-0.1, -0.05) is 31.5 Å². The third kappa shape index (κ3) is 5.36. The lowest BCUT2D eigenvalue weighted by Crippen LogP contribution is -2.46. The largest absolute Gasteiger partial charge is 0.505 e. The Hall–Kier alpha value is -3.06. The van der Waals surface area contributed by atoms with Gasteiger partial charge in [0.1, 0.15) is 16.5 Å². The van der Waals surface area contributed by atoms with Gasteiger partial charge in [0, 0.05) is 29.3 Å². The molecule has 0 saturated carbocycles. The summed E-state index contributed by atoms with van der Waals surface area (Å²) >= 11 is 6.23. The molecular formula is C28H32ClFN2O4. The number of aromatic hydroxyl groups is 1. The summed E-state index contributed by atoms with van der Waals surface area (Å²) in [6.45, 7) is 12.0. The second-order valence-electron chi connectivity index (χ2n) is 11.0. The van der Waals surface area contributed by atoms with Gasteiger partial charge in [-0.2, -0.15) is 0 Å². The minimum Gasteiger partial charge on any atom is -0.505 e. The number of halogens is 2. The first-order valence-corrected chi connectivity index (χ1v) is 12.4. The van der Waals surface area contributed by atoms with Gasteiger partial charge in [-0.15, -0.1) is 0 Å². The van der Waals surface area contributed by atoms with Gasteiger partial charge in [0.15, 0.2) is 11.6 Å². The van der Waals surface area contributed by atoms with Crippen molar-refractivity contribution in [2.45, 2.75) is 65.0 Å². The monoisotopic (exact) mass is 514 g/mol. The molecule has 0 saturated heterocycles. The Morgan fingerprint density at radius 3 is 2.61 bits per heavy atom. The number of pyridine rings is 1. The minimum absolute atomic E-state index is 0.261. The van der Waals surface area contributed by atoms with Crippen molar-refractivity contribution in [1.82, 2.24) is 9.88 Å². The quantitative estimate of drug-likeness (QED) is 0.377. The maximum absolute atomic E-state index is 13.7. The Bertz CT molecular complexity index is 1320. The SMILES string of the molecule is Cc1cc(Cl)nc2cc3c(cc12)OCCC3N(CC(C)(C)c1ccc(F)c(O)c1)C(=O)OC(C)(C)C. The molecule has 6 nitrogen and oxygen atoms in total. The van der Waals surface area contributed by atoms with E-state index in [1.165, 1.54) is 12.1 Å². The molecule has 1 aromatic heterocycles. The summed E-state index contributed by atoms with van der Waals surface area (Å²) in [5.74, 6) is -0.424. The van der Waals surface area contributed by atoms with Crippen molar-refractivity contribution in [2.75, 3.05) is 13.2 Å². The Balaban J connectivity index is 1.79. The van der Waals surface area contributed by atoms with E-state index in [0.717, 1.165) is 22.0 Å². The fourth-order valence-electron chi connectivity index (χ4n) is 4.62. The predicted molar refractivity (Wildman–Crippen MR) is 138 cm³/mol. The number of hydrogen-bond donors (Lipinski definition) is 1. The summed E-state index contributed by atoms with van der Waals surface area (Å²) in [6.07, 6.45) is 0.0947. The van der Waals surface area contributed by atoms with Gasteiger partial charge in [0.2, 0.25) is 0 Å². The van der Waals surface area contributed by atoms with Crippen LogP contribution >= 0.6 is 11.6 Å². The highest BCUT2D eigenvalue weighted by Crippen LogP contribution is 2.41. The molecule has 0 aliphatic carbocycles. The van der Waals surface area contributed by atoms with Crippen LogP contribution in [-0.4, -0.2) is 39.8 Å². The first-order chi connectivity index (χ1) is 16.7. The molecule has 0 radical (unpaired) electrons. The van der Waals surface area contributed by atoms with Crippen LogP contribution in [0, 0.1) is 12.7 Å². The summed E-state index contributed by atoms with van der Waals surface area (Å²) in [4.78, 5) is 19.8. The highest BCUT2D eigenvalue weighted by molar-refractivity contribution is 6.29. The number of hydrogen-bond acceptors (Lipinski definition) is 5. The molecule has 0 fully saturated rings. The van der Waals surface area contributed by atoms with Crippen LogP contribution in [0.2, 0.25) is 5.15 Å². The zero-order valence-electron chi connectivity index (χ0n) is 21.5. The zero-order chi connectivity index (χ0) is 26.4. The van der Waals surface area contributed by atoms with Crippen molar-refractivity contribution in [1.29, 1.82) is 0 Å². The predicted octanol–water partition coefficient (Wildman–Crippen LogP) is 7.08. The van der Waals surface area contributed by atoms with Crippen molar-refractivity contribution >= 4 is 28.6 Å². The van der Waals surface area contributed by atoms with E-state index in [2.05, 4.69) is 4.98 Å². The third-order valence-electron chi connectivity index (χ3n) is 6.42. The lowest BCUT2D eigenvalue weighted by molar-refractivity contribution is 0.00674. The van der Waals surface area contributed by atoms with Gasteiger partial charge in [-0.25, -0.2) is 14.2 Å². The van der Waals surface area contributed by atoms with E-state index in [0.29, 0.717) is 29.5 Å². The van der Waals surface area contributed by atoms with E-state index in [1.807, 2.05) is 59.7 Å². The molecule has 2 aromatic carbocycles. The zero-order valence-corrected chi connectivity index (χ0v) is 22.2. The molecule has 0 bridgehead atoms. The Morgan fingerprint density at radius 1 is 1.22 bits per heavy atom. The Labute approximate surface area is 216 Å². The molecule has 1 amide bonds. The summed E-state index contributed by atoms with van der Waals surface area (Å²) < 4.78 is 25.6. The molecule has 4 rings (SSSR count). The van der Waals surface area contributed by atoms with Gasteiger partial charge in [0.05, 0.1) is 18.2 Å². The summed E-state index contributed by atoms with van der Waals surface area (Å²) in [6, 6.07) is 9.61. The summed E-state index contributed by atoms with van der Waals surface area (Å²) in [7, 11) is 0. The van der Waals surface area contributed by atoms with E-state index in [1.54, 1.807) is 11.0 Å². The topological polar surface area (TPSA) is 71.9 Å². The van der Waals surface area contributed by atoms with Gasteiger partial charge < -0.3 is 19.5 Å². The number of carbonyl (C=O) groups excluding carboxylic acids is 1. The van der Waals surface area contributed by atoms with Crippen molar-refractivity contribution in [3.63, 3.8) is 0 Å². The van der Waals surface area contributed by atoms with E-state index in [4.69, 9.17) is 21.1 Å². The summed E-state index contributed by atoms with van der Waals surface area (Å²) in [5.41, 5.74) is 1.91. The average molecular weight is 515 g/mol. The summed E-state index contributed by atoms with van der Waals surface area (Å²) in [5, 5.41) is 11.3. The molecule has 8 heteroatoms. The number of phenolic OH excluding ortho intramolecular Hbond substituents is 1. The molecule has 1 aliphatic rings. The maximum Gasteiger partial charge on any atom is 0.410 e. The number of amides is 1. The smallest absolute Gasteiger partial charge is 0.410 e. The molecule has 2 heterocycles. The highest BCUT2D eigenvalue weighted by Gasteiger charge is 2.37. The van der Waals surface area contributed by atoms with Crippen molar-refractivity contribution in [3.8, 4) is 11.5 Å². The lowest BCUT2D eigenvalue weighted by atomic mass is 9.83. The van der Waals surface area contributed by atoms with Crippen LogP contribution in [0.15, 0.2) is 36.4 Å². The third-order valence-corrected chi connectivity index (χ3v) is 6.61. The van der Waals surface area contributed by atoms with E-state index in [-0.39, 0.29) is 12.6 Å². The molecule has 192 valence electrons. The highest BCUT2D eigenvalue weighted by atomic mass is 35.5. The number of fused-ring (bicyclic) bond motifs is 2. The first-order valence-electron chi connectivity index (χ1n) is 12.0. The van der Waals surface area contributed by atoms with Crippen LogP contribution in [0.3, 0.4) is 0 Å². The second kappa shape index (κ2) is 9.43. The van der Waals surface area contributed by atoms with Crippen molar-refractivity contribution in [2.24, 2.45) is 0 Å². The number of aryl methyl sites for hydroxylation is 1.